The van der Waals surface area contributed by atoms with E-state index in [9.17, 15) is 9.59 Å². The molecule has 1 aromatic rings. The van der Waals surface area contributed by atoms with Gasteiger partial charge in [-0.3, -0.25) is 9.59 Å². The molecule has 3 N–H and O–H groups in total. The topological polar surface area (TPSA) is 75.4 Å². The van der Waals surface area contributed by atoms with E-state index in [0.717, 1.165) is 25.8 Å². The molecule has 23 heavy (non-hydrogen) atoms. The second-order valence-corrected chi connectivity index (χ2v) is 6.49. The number of hydrogen-bond acceptors (Lipinski definition) is 3. The molecule has 2 unspecified atom stereocenters. The van der Waals surface area contributed by atoms with Crippen molar-refractivity contribution in [2.45, 2.75) is 32.2 Å². The van der Waals surface area contributed by atoms with E-state index in [1.165, 1.54) is 0 Å². The highest BCUT2D eigenvalue weighted by molar-refractivity contribution is 5.98. The molecule has 1 saturated carbocycles. The molecule has 3 rings (SSSR count). The number of nitrogens with two attached hydrogens (primary N) is 1. The van der Waals surface area contributed by atoms with Crippen LogP contribution in [0.2, 0.25) is 0 Å². The number of hydrogen-bond donors (Lipinski definition) is 2. The molecule has 1 aliphatic heterocycles. The number of carbonyl (C=O) groups is 2. The first-order chi connectivity index (χ1) is 10.6. The third-order valence-electron chi connectivity index (χ3n) is 4.58. The van der Waals surface area contributed by atoms with Gasteiger partial charge in [0.25, 0.3) is 5.91 Å². The monoisotopic (exact) mass is 337 g/mol. The van der Waals surface area contributed by atoms with Gasteiger partial charge >= 0.3 is 0 Å². The molecule has 1 saturated heterocycles. The minimum Gasteiger partial charge on any atom is -0.336 e. The lowest BCUT2D eigenvalue weighted by molar-refractivity contribution is -0.117. The SMILES string of the molecule is CC1CC(CN)CN1C(=O)c1cccc(NC(=O)C2CC2)c1.Cl. The van der Waals surface area contributed by atoms with Crippen molar-refractivity contribution >= 4 is 29.9 Å². The van der Waals surface area contributed by atoms with E-state index < -0.39 is 0 Å². The van der Waals surface area contributed by atoms with Gasteiger partial charge in [0.05, 0.1) is 0 Å². The van der Waals surface area contributed by atoms with E-state index in [1.54, 1.807) is 12.1 Å². The van der Waals surface area contributed by atoms with Crippen LogP contribution in [-0.2, 0) is 4.79 Å². The summed E-state index contributed by atoms with van der Waals surface area (Å²) in [6.45, 7) is 3.40. The lowest BCUT2D eigenvalue weighted by Crippen LogP contribution is -2.34. The standard InChI is InChI=1S/C17H23N3O2.ClH/c1-11-7-12(9-18)10-20(11)17(22)14-3-2-4-15(8-14)19-16(21)13-5-6-13;/h2-4,8,11-13H,5-7,9-10,18H2,1H3,(H,19,21);1H. The van der Waals surface area contributed by atoms with Crippen molar-refractivity contribution < 1.29 is 9.59 Å². The third kappa shape index (κ3) is 4.03. The first kappa shape index (κ1) is 17.8. The summed E-state index contributed by atoms with van der Waals surface area (Å²) in [4.78, 5) is 26.4. The third-order valence-corrected chi connectivity index (χ3v) is 4.58. The predicted octanol–water partition coefficient (Wildman–Crippen LogP) is 2.27. The Morgan fingerprint density at radius 2 is 2.09 bits per heavy atom. The van der Waals surface area contributed by atoms with E-state index in [0.29, 0.717) is 23.7 Å². The minimum absolute atomic E-state index is 0. The fourth-order valence-electron chi connectivity index (χ4n) is 3.08. The molecule has 0 bridgehead atoms. The maximum atomic E-state index is 12.7. The molecule has 0 aromatic heterocycles. The van der Waals surface area contributed by atoms with Crippen LogP contribution < -0.4 is 11.1 Å². The van der Waals surface area contributed by atoms with Crippen LogP contribution >= 0.6 is 12.4 Å². The summed E-state index contributed by atoms with van der Waals surface area (Å²) in [5, 5.41) is 2.89. The highest BCUT2D eigenvalue weighted by Gasteiger charge is 2.32. The average Bonchev–Trinajstić information content (AvgIpc) is 3.30. The molecular formula is C17H24ClN3O2. The number of halogens is 1. The van der Waals surface area contributed by atoms with Crippen LogP contribution in [-0.4, -0.2) is 35.8 Å². The van der Waals surface area contributed by atoms with Crippen LogP contribution in [0.4, 0.5) is 5.69 Å². The predicted molar refractivity (Wildman–Crippen MR) is 92.7 cm³/mol. The Bertz CT molecular complexity index is 589. The quantitative estimate of drug-likeness (QED) is 0.885. The number of nitrogens with one attached hydrogen (secondary N) is 1. The van der Waals surface area contributed by atoms with E-state index in [2.05, 4.69) is 12.2 Å². The largest absolute Gasteiger partial charge is 0.336 e. The maximum Gasteiger partial charge on any atom is 0.254 e. The zero-order chi connectivity index (χ0) is 15.7. The van der Waals surface area contributed by atoms with Crippen molar-refractivity contribution in [1.82, 2.24) is 4.90 Å². The summed E-state index contributed by atoms with van der Waals surface area (Å²) in [7, 11) is 0. The summed E-state index contributed by atoms with van der Waals surface area (Å²) >= 11 is 0. The number of rotatable bonds is 4. The summed E-state index contributed by atoms with van der Waals surface area (Å²) in [5.41, 5.74) is 7.05. The van der Waals surface area contributed by atoms with E-state index in [1.807, 2.05) is 17.0 Å². The summed E-state index contributed by atoms with van der Waals surface area (Å²) in [5.74, 6) is 0.619. The molecule has 2 amide bonds. The fourth-order valence-corrected chi connectivity index (χ4v) is 3.08. The van der Waals surface area contributed by atoms with Gasteiger partial charge in [-0.2, -0.15) is 0 Å². The van der Waals surface area contributed by atoms with Gasteiger partial charge in [-0.15, -0.1) is 12.4 Å². The average molecular weight is 338 g/mol. The smallest absolute Gasteiger partial charge is 0.254 e. The number of nitrogens with zero attached hydrogens (tertiary/aromatic N) is 1. The fraction of sp³-hybridized carbons (Fsp3) is 0.529. The number of benzene rings is 1. The molecule has 2 fully saturated rings. The van der Waals surface area contributed by atoms with Crippen LogP contribution in [0.5, 0.6) is 0 Å². The van der Waals surface area contributed by atoms with Gasteiger partial charge in [-0.25, -0.2) is 0 Å². The van der Waals surface area contributed by atoms with E-state index >= 15 is 0 Å². The van der Waals surface area contributed by atoms with Crippen molar-refractivity contribution in [3.63, 3.8) is 0 Å². The first-order valence-electron chi connectivity index (χ1n) is 8.00. The maximum absolute atomic E-state index is 12.7. The van der Waals surface area contributed by atoms with E-state index in [4.69, 9.17) is 5.73 Å². The Balaban J connectivity index is 0.00000192. The molecule has 5 nitrogen and oxygen atoms in total. The van der Waals surface area contributed by atoms with Crippen molar-refractivity contribution in [3.05, 3.63) is 29.8 Å². The molecule has 6 heteroatoms. The Labute approximate surface area is 143 Å². The van der Waals surface area contributed by atoms with Crippen LogP contribution in [0.1, 0.15) is 36.5 Å². The van der Waals surface area contributed by atoms with Gasteiger partial charge in [-0.1, -0.05) is 6.07 Å². The number of anilines is 1. The molecule has 2 aliphatic rings. The zero-order valence-corrected chi connectivity index (χ0v) is 14.1. The van der Waals surface area contributed by atoms with Crippen LogP contribution in [0, 0.1) is 11.8 Å². The summed E-state index contributed by atoms with van der Waals surface area (Å²) in [6.07, 6.45) is 2.90. The second kappa shape index (κ2) is 7.32. The Hall–Kier alpha value is -1.59. The van der Waals surface area contributed by atoms with Gasteiger partial charge in [0.15, 0.2) is 0 Å². The lowest BCUT2D eigenvalue weighted by Gasteiger charge is -2.22. The molecule has 2 atom stereocenters. The van der Waals surface area contributed by atoms with Crippen molar-refractivity contribution in [2.75, 3.05) is 18.4 Å². The van der Waals surface area contributed by atoms with Crippen LogP contribution in [0.15, 0.2) is 24.3 Å². The number of likely N-dealkylation sites (tertiary alicyclic amines) is 1. The van der Waals surface area contributed by atoms with Gasteiger partial charge in [-0.05, 0) is 56.8 Å². The van der Waals surface area contributed by atoms with Gasteiger partial charge < -0.3 is 16.0 Å². The Kier molecular flexibility index (Phi) is 5.65. The highest BCUT2D eigenvalue weighted by atomic mass is 35.5. The number of amides is 2. The highest BCUT2D eigenvalue weighted by Crippen LogP contribution is 2.30. The van der Waals surface area contributed by atoms with Gasteiger partial charge in [0.2, 0.25) is 5.91 Å². The normalized spacial score (nSPS) is 23.3. The number of carbonyl (C=O) groups excluding carboxylic acids is 2. The molecule has 1 heterocycles. The van der Waals surface area contributed by atoms with Crippen molar-refractivity contribution in [1.29, 1.82) is 0 Å². The Morgan fingerprint density at radius 3 is 2.70 bits per heavy atom. The summed E-state index contributed by atoms with van der Waals surface area (Å²) < 4.78 is 0. The second-order valence-electron chi connectivity index (χ2n) is 6.49. The molecular weight excluding hydrogens is 314 g/mol. The molecule has 0 radical (unpaired) electrons. The van der Waals surface area contributed by atoms with Gasteiger partial charge in [0.1, 0.15) is 0 Å². The lowest BCUT2D eigenvalue weighted by atomic mass is 10.1. The van der Waals surface area contributed by atoms with E-state index in [-0.39, 0.29) is 36.2 Å². The zero-order valence-electron chi connectivity index (χ0n) is 13.3. The molecule has 126 valence electrons. The summed E-state index contributed by atoms with van der Waals surface area (Å²) in [6, 6.07) is 7.43. The Morgan fingerprint density at radius 1 is 1.35 bits per heavy atom. The molecule has 1 aliphatic carbocycles. The van der Waals surface area contributed by atoms with Gasteiger partial charge in [0, 0.05) is 29.8 Å². The minimum atomic E-state index is 0. The first-order valence-corrected chi connectivity index (χ1v) is 8.00. The van der Waals surface area contributed by atoms with Crippen molar-refractivity contribution in [2.24, 2.45) is 17.6 Å². The molecule has 0 spiro atoms. The molecule has 1 aromatic carbocycles. The van der Waals surface area contributed by atoms with Crippen LogP contribution in [0.3, 0.4) is 0 Å². The van der Waals surface area contributed by atoms with Crippen molar-refractivity contribution in [3.8, 4) is 0 Å². The van der Waals surface area contributed by atoms with Crippen LogP contribution in [0.25, 0.3) is 0 Å².